The molecule has 1 saturated heterocycles. The number of nitrogens with zero attached hydrogens (tertiary/aromatic N) is 1. The summed E-state index contributed by atoms with van der Waals surface area (Å²) >= 11 is 7.91. The topological polar surface area (TPSA) is 12.5 Å². The number of halogens is 1. The first-order chi connectivity index (χ1) is 9.55. The molecule has 1 aromatic heterocycles. The van der Waals surface area contributed by atoms with Crippen molar-refractivity contribution in [3.05, 3.63) is 20.8 Å². The lowest BCUT2D eigenvalue weighted by Crippen LogP contribution is -2.52. The number of hydrogen-bond acceptors (Lipinski definition) is 3. The van der Waals surface area contributed by atoms with Crippen LogP contribution < -0.4 is 0 Å². The van der Waals surface area contributed by atoms with Crippen LogP contribution in [0.2, 0.25) is 4.34 Å². The summed E-state index contributed by atoms with van der Waals surface area (Å²) in [6.07, 6.45) is 8.57. The molecule has 3 atom stereocenters. The van der Waals surface area contributed by atoms with Gasteiger partial charge in [-0.1, -0.05) is 17.5 Å². The molecule has 0 saturated carbocycles. The van der Waals surface area contributed by atoms with Crippen molar-refractivity contribution in [3.63, 3.8) is 0 Å². The van der Waals surface area contributed by atoms with Crippen LogP contribution in [0.1, 0.15) is 37.1 Å². The molecule has 4 heteroatoms. The van der Waals surface area contributed by atoms with Crippen molar-refractivity contribution in [1.29, 1.82) is 0 Å². The van der Waals surface area contributed by atoms with Crippen molar-refractivity contribution < 1.29 is 4.74 Å². The van der Waals surface area contributed by atoms with Crippen LogP contribution >= 0.6 is 22.9 Å². The molecule has 0 bridgehead atoms. The minimum Gasteiger partial charge on any atom is -0.369 e. The Kier molecular flexibility index (Phi) is 3.85. The maximum absolute atomic E-state index is 6.25. The Morgan fingerprint density at radius 2 is 2.45 bits per heavy atom. The van der Waals surface area contributed by atoms with E-state index in [0.29, 0.717) is 6.04 Å². The molecular weight excluding hydrogens is 290 g/mol. The minimum atomic E-state index is -0.129. The van der Waals surface area contributed by atoms with Crippen molar-refractivity contribution in [2.75, 3.05) is 13.2 Å². The van der Waals surface area contributed by atoms with Gasteiger partial charge in [0.2, 0.25) is 0 Å². The van der Waals surface area contributed by atoms with E-state index < -0.39 is 0 Å². The molecule has 2 aliphatic rings. The van der Waals surface area contributed by atoms with Crippen LogP contribution in [-0.4, -0.2) is 30.1 Å². The minimum absolute atomic E-state index is 0.129. The molecule has 1 aromatic rings. The predicted octanol–water partition coefficient (Wildman–Crippen LogP) is 3.68. The fourth-order valence-electron chi connectivity index (χ4n) is 3.62. The number of piperidine rings is 1. The molecular formula is C16H20ClNOS. The summed E-state index contributed by atoms with van der Waals surface area (Å²) in [4.78, 5) is 3.76. The van der Waals surface area contributed by atoms with Gasteiger partial charge in [0.15, 0.2) is 0 Å². The Bertz CT molecular complexity index is 549. The highest BCUT2D eigenvalue weighted by atomic mass is 35.5. The third-order valence-electron chi connectivity index (χ3n) is 4.65. The first kappa shape index (κ1) is 14.4. The molecule has 3 heterocycles. The largest absolute Gasteiger partial charge is 0.369 e. The molecule has 3 rings (SSSR count). The Morgan fingerprint density at radius 3 is 3.15 bits per heavy atom. The fraction of sp³-hybridized carbons (Fsp3) is 0.625. The van der Waals surface area contributed by atoms with Gasteiger partial charge >= 0.3 is 0 Å². The van der Waals surface area contributed by atoms with Gasteiger partial charge in [-0.05, 0) is 44.7 Å². The Hall–Kier alpha value is -0.530. The maximum Gasteiger partial charge on any atom is 0.105 e. The lowest BCUT2D eigenvalue weighted by Gasteiger charge is -2.48. The van der Waals surface area contributed by atoms with Gasteiger partial charge in [-0.3, -0.25) is 4.90 Å². The molecule has 1 fully saturated rings. The first-order valence-corrected chi connectivity index (χ1v) is 8.40. The van der Waals surface area contributed by atoms with Gasteiger partial charge in [0.25, 0.3) is 0 Å². The Balaban J connectivity index is 1.88. The second kappa shape index (κ2) is 5.35. The van der Waals surface area contributed by atoms with E-state index >= 15 is 0 Å². The molecule has 0 aromatic carbocycles. The molecule has 0 N–H and O–H groups in total. The van der Waals surface area contributed by atoms with E-state index in [1.807, 2.05) is 0 Å². The van der Waals surface area contributed by atoms with Crippen molar-refractivity contribution in [1.82, 2.24) is 4.90 Å². The van der Waals surface area contributed by atoms with E-state index in [9.17, 15) is 0 Å². The van der Waals surface area contributed by atoms with E-state index in [0.717, 1.165) is 36.8 Å². The van der Waals surface area contributed by atoms with Gasteiger partial charge < -0.3 is 4.74 Å². The van der Waals surface area contributed by atoms with E-state index in [-0.39, 0.29) is 11.6 Å². The molecule has 0 aliphatic carbocycles. The van der Waals surface area contributed by atoms with E-state index in [4.69, 9.17) is 22.8 Å². The average Bonchev–Trinajstić information content (AvgIpc) is 2.80. The fourth-order valence-corrected chi connectivity index (χ4v) is 5.11. The highest BCUT2D eigenvalue weighted by molar-refractivity contribution is 7.16. The monoisotopic (exact) mass is 309 g/mol. The highest BCUT2D eigenvalue weighted by Gasteiger charge is 2.45. The molecule has 0 radical (unpaired) electrons. The van der Waals surface area contributed by atoms with Gasteiger partial charge in [-0.25, -0.2) is 0 Å². The van der Waals surface area contributed by atoms with Gasteiger partial charge in [0.1, 0.15) is 5.60 Å². The van der Waals surface area contributed by atoms with Crippen molar-refractivity contribution in [2.24, 2.45) is 0 Å². The first-order valence-electron chi connectivity index (χ1n) is 7.20. The number of rotatable bonds is 1. The van der Waals surface area contributed by atoms with Gasteiger partial charge in [0.05, 0.1) is 17.0 Å². The van der Waals surface area contributed by atoms with Crippen molar-refractivity contribution >= 4 is 22.9 Å². The van der Waals surface area contributed by atoms with Gasteiger partial charge in [-0.2, -0.15) is 0 Å². The number of thiophene rings is 1. The van der Waals surface area contributed by atoms with Crippen molar-refractivity contribution in [3.8, 4) is 12.3 Å². The van der Waals surface area contributed by atoms with Crippen LogP contribution in [0.25, 0.3) is 0 Å². The SMILES string of the molecule is C#CC(C)N1CC[C@]2(C[C@@H]1C)OCCc1cc(Cl)sc12. The summed E-state index contributed by atoms with van der Waals surface area (Å²) in [5, 5.41) is 0. The average molecular weight is 310 g/mol. The number of fused-ring (bicyclic) bond motifs is 2. The van der Waals surface area contributed by atoms with E-state index in [2.05, 4.69) is 30.7 Å². The molecule has 2 nitrogen and oxygen atoms in total. The zero-order valence-corrected chi connectivity index (χ0v) is 13.6. The van der Waals surface area contributed by atoms with Crippen LogP contribution in [0.4, 0.5) is 0 Å². The third kappa shape index (κ3) is 2.29. The van der Waals surface area contributed by atoms with Crippen LogP contribution in [0.3, 0.4) is 0 Å². The molecule has 0 amide bonds. The van der Waals surface area contributed by atoms with Crippen LogP contribution in [0.15, 0.2) is 6.07 Å². The van der Waals surface area contributed by atoms with Gasteiger partial charge in [0, 0.05) is 17.5 Å². The van der Waals surface area contributed by atoms with Gasteiger partial charge in [-0.15, -0.1) is 17.8 Å². The van der Waals surface area contributed by atoms with Crippen LogP contribution in [0, 0.1) is 12.3 Å². The lowest BCUT2D eigenvalue weighted by atomic mass is 9.81. The molecule has 20 heavy (non-hydrogen) atoms. The summed E-state index contributed by atoms with van der Waals surface area (Å²) in [5.41, 5.74) is 1.26. The molecule has 1 unspecified atom stereocenters. The van der Waals surface area contributed by atoms with Crippen LogP contribution in [0.5, 0.6) is 0 Å². The number of terminal acetylenes is 1. The summed E-state index contributed by atoms with van der Waals surface area (Å²) < 4.78 is 7.13. The predicted molar refractivity (Wildman–Crippen MR) is 84.4 cm³/mol. The molecule has 108 valence electrons. The normalized spacial score (nSPS) is 31.8. The molecule has 1 spiro atoms. The zero-order chi connectivity index (χ0) is 14.3. The second-order valence-electron chi connectivity index (χ2n) is 5.88. The molecule has 2 aliphatic heterocycles. The van der Waals surface area contributed by atoms with E-state index in [1.54, 1.807) is 11.3 Å². The second-order valence-corrected chi connectivity index (χ2v) is 7.56. The Morgan fingerprint density at radius 1 is 1.65 bits per heavy atom. The highest BCUT2D eigenvalue weighted by Crippen LogP contribution is 2.48. The third-order valence-corrected chi connectivity index (χ3v) is 6.14. The Labute approximate surface area is 130 Å². The number of hydrogen-bond donors (Lipinski definition) is 0. The lowest BCUT2D eigenvalue weighted by molar-refractivity contribution is -0.111. The smallest absolute Gasteiger partial charge is 0.105 e. The number of likely N-dealkylation sites (tertiary alicyclic amines) is 1. The zero-order valence-electron chi connectivity index (χ0n) is 12.0. The maximum atomic E-state index is 6.25. The number of ether oxygens (including phenoxy) is 1. The van der Waals surface area contributed by atoms with E-state index in [1.165, 1.54) is 10.4 Å². The van der Waals surface area contributed by atoms with Crippen molar-refractivity contribution in [2.45, 2.75) is 50.8 Å². The van der Waals surface area contributed by atoms with Crippen LogP contribution in [-0.2, 0) is 16.8 Å². The summed E-state index contributed by atoms with van der Waals surface area (Å²) in [7, 11) is 0. The summed E-state index contributed by atoms with van der Waals surface area (Å²) in [6, 6.07) is 2.74. The quantitative estimate of drug-likeness (QED) is 0.734. The summed E-state index contributed by atoms with van der Waals surface area (Å²) in [6.45, 7) is 6.14. The summed E-state index contributed by atoms with van der Waals surface area (Å²) in [5.74, 6) is 2.85. The standard InChI is InChI=1S/C16H20ClNOS/c1-4-11(2)18-7-6-16(10-12(18)3)15-13(5-8-19-16)9-14(17)20-15/h1,9,11-12H,5-8,10H2,2-3H3/t11?,12-,16+/m0/s1.